The van der Waals surface area contributed by atoms with Gasteiger partial charge in [0.05, 0.1) is 17.6 Å². The van der Waals surface area contributed by atoms with Crippen molar-refractivity contribution < 1.29 is 27.4 Å². The highest BCUT2D eigenvalue weighted by molar-refractivity contribution is 7.89. The molecule has 0 unspecified atom stereocenters. The maximum absolute atomic E-state index is 12.6. The number of ether oxygens (including phenoxy) is 3. The minimum Gasteiger partial charge on any atom is -0.496 e. The predicted octanol–water partition coefficient (Wildman–Crippen LogP) is 1.65. The molecule has 0 atom stereocenters. The lowest BCUT2D eigenvalue weighted by atomic mass is 10.2. The maximum atomic E-state index is 12.6. The van der Waals surface area contributed by atoms with Gasteiger partial charge in [0, 0.05) is 13.1 Å². The molecule has 0 saturated heterocycles. The molecule has 144 valence electrons. The SMILES string of the molecule is CCNC(=O)c1cc(S(=O)(=O)NCc2ccc3c(c2)OCO3)ccc1OC. The van der Waals surface area contributed by atoms with Crippen molar-refractivity contribution in [1.29, 1.82) is 0 Å². The first kappa shape index (κ1) is 19.0. The van der Waals surface area contributed by atoms with Crippen molar-refractivity contribution in [1.82, 2.24) is 10.0 Å². The van der Waals surface area contributed by atoms with Crippen LogP contribution in [0.2, 0.25) is 0 Å². The number of carbonyl (C=O) groups is 1. The molecule has 1 aliphatic heterocycles. The summed E-state index contributed by atoms with van der Waals surface area (Å²) < 4.78 is 43.5. The fraction of sp³-hybridized carbons (Fsp3) is 0.278. The van der Waals surface area contributed by atoms with Crippen LogP contribution in [0.5, 0.6) is 17.2 Å². The first-order valence-electron chi connectivity index (χ1n) is 8.29. The van der Waals surface area contributed by atoms with E-state index in [1.165, 1.54) is 25.3 Å². The van der Waals surface area contributed by atoms with E-state index in [1.54, 1.807) is 25.1 Å². The van der Waals surface area contributed by atoms with Gasteiger partial charge in [-0.3, -0.25) is 4.79 Å². The summed E-state index contributed by atoms with van der Waals surface area (Å²) in [4.78, 5) is 12.1. The third-order valence-electron chi connectivity index (χ3n) is 3.97. The second-order valence-corrected chi connectivity index (χ2v) is 7.50. The molecule has 2 aromatic rings. The fourth-order valence-electron chi connectivity index (χ4n) is 2.60. The van der Waals surface area contributed by atoms with Crippen LogP contribution in [0.4, 0.5) is 0 Å². The lowest BCUT2D eigenvalue weighted by molar-refractivity contribution is 0.0952. The molecular formula is C18H20N2O6S. The Kier molecular flexibility index (Phi) is 5.52. The number of sulfonamides is 1. The van der Waals surface area contributed by atoms with Crippen LogP contribution < -0.4 is 24.2 Å². The lowest BCUT2D eigenvalue weighted by Gasteiger charge is -2.12. The van der Waals surface area contributed by atoms with Crippen molar-refractivity contribution in [2.45, 2.75) is 18.4 Å². The van der Waals surface area contributed by atoms with Crippen LogP contribution in [0.25, 0.3) is 0 Å². The zero-order valence-corrected chi connectivity index (χ0v) is 15.8. The lowest BCUT2D eigenvalue weighted by Crippen LogP contribution is -2.26. The number of hydrogen-bond donors (Lipinski definition) is 2. The number of hydrogen-bond acceptors (Lipinski definition) is 6. The molecule has 3 rings (SSSR count). The summed E-state index contributed by atoms with van der Waals surface area (Å²) in [6.45, 7) is 2.42. The standard InChI is InChI=1S/C18H20N2O6S/c1-3-19-18(21)14-9-13(5-7-15(14)24-2)27(22,23)20-10-12-4-6-16-17(8-12)26-11-25-16/h4-9,20H,3,10-11H2,1-2H3,(H,19,21). The van der Waals surface area contributed by atoms with Crippen molar-refractivity contribution in [2.24, 2.45) is 0 Å². The van der Waals surface area contributed by atoms with Gasteiger partial charge < -0.3 is 19.5 Å². The molecule has 0 spiro atoms. The Bertz CT molecular complexity index is 958. The highest BCUT2D eigenvalue weighted by atomic mass is 32.2. The summed E-state index contributed by atoms with van der Waals surface area (Å²) in [5.41, 5.74) is 0.880. The second kappa shape index (κ2) is 7.85. The van der Waals surface area contributed by atoms with E-state index >= 15 is 0 Å². The van der Waals surface area contributed by atoms with Gasteiger partial charge >= 0.3 is 0 Å². The fourth-order valence-corrected chi connectivity index (χ4v) is 3.64. The Morgan fingerprint density at radius 1 is 1.15 bits per heavy atom. The summed E-state index contributed by atoms with van der Waals surface area (Å²) in [5, 5.41) is 2.64. The molecule has 0 radical (unpaired) electrons. The smallest absolute Gasteiger partial charge is 0.255 e. The normalized spacial score (nSPS) is 12.7. The highest BCUT2D eigenvalue weighted by Crippen LogP contribution is 2.32. The van der Waals surface area contributed by atoms with E-state index in [0.717, 1.165) is 5.56 Å². The van der Waals surface area contributed by atoms with Crippen molar-refractivity contribution in [3.05, 3.63) is 47.5 Å². The molecular weight excluding hydrogens is 372 g/mol. The van der Waals surface area contributed by atoms with Crippen molar-refractivity contribution in [2.75, 3.05) is 20.4 Å². The zero-order valence-electron chi connectivity index (χ0n) is 14.9. The van der Waals surface area contributed by atoms with E-state index in [-0.39, 0.29) is 23.8 Å². The van der Waals surface area contributed by atoms with Crippen molar-refractivity contribution in [3.63, 3.8) is 0 Å². The average Bonchev–Trinajstić information content (AvgIpc) is 3.14. The van der Waals surface area contributed by atoms with E-state index in [1.807, 2.05) is 0 Å². The molecule has 8 nitrogen and oxygen atoms in total. The highest BCUT2D eigenvalue weighted by Gasteiger charge is 2.20. The summed E-state index contributed by atoms with van der Waals surface area (Å²) in [6.07, 6.45) is 0. The topological polar surface area (TPSA) is 103 Å². The minimum absolute atomic E-state index is 0.0229. The van der Waals surface area contributed by atoms with Gasteiger partial charge in [0.2, 0.25) is 16.8 Å². The Morgan fingerprint density at radius 2 is 1.93 bits per heavy atom. The summed E-state index contributed by atoms with van der Waals surface area (Å²) in [6, 6.07) is 9.35. The van der Waals surface area contributed by atoms with Gasteiger partial charge in [-0.25, -0.2) is 13.1 Å². The van der Waals surface area contributed by atoms with E-state index in [4.69, 9.17) is 14.2 Å². The van der Waals surface area contributed by atoms with Crippen LogP contribution in [-0.2, 0) is 16.6 Å². The van der Waals surface area contributed by atoms with E-state index < -0.39 is 15.9 Å². The third-order valence-corrected chi connectivity index (χ3v) is 5.37. The number of fused-ring (bicyclic) bond motifs is 1. The number of nitrogens with one attached hydrogen (secondary N) is 2. The van der Waals surface area contributed by atoms with Crippen LogP contribution in [0.15, 0.2) is 41.3 Å². The maximum Gasteiger partial charge on any atom is 0.255 e. The van der Waals surface area contributed by atoms with Gasteiger partial charge in [0.1, 0.15) is 5.75 Å². The van der Waals surface area contributed by atoms with Gasteiger partial charge in [-0.15, -0.1) is 0 Å². The molecule has 1 heterocycles. The van der Waals surface area contributed by atoms with Crippen molar-refractivity contribution >= 4 is 15.9 Å². The van der Waals surface area contributed by atoms with Gasteiger partial charge in [0.25, 0.3) is 5.91 Å². The molecule has 27 heavy (non-hydrogen) atoms. The second-order valence-electron chi connectivity index (χ2n) is 5.73. The Balaban J connectivity index is 1.80. The van der Waals surface area contributed by atoms with Crippen molar-refractivity contribution in [3.8, 4) is 17.2 Å². The number of carbonyl (C=O) groups excluding carboxylic acids is 1. The van der Waals surface area contributed by atoms with Crippen LogP contribution in [0.3, 0.4) is 0 Å². The summed E-state index contributed by atoms with van der Waals surface area (Å²) in [5.74, 6) is 1.11. The average molecular weight is 392 g/mol. The molecule has 9 heteroatoms. The van der Waals surface area contributed by atoms with Gasteiger partial charge in [0.15, 0.2) is 11.5 Å². The monoisotopic (exact) mass is 392 g/mol. The zero-order chi connectivity index (χ0) is 19.4. The van der Waals surface area contributed by atoms with Crippen LogP contribution in [0.1, 0.15) is 22.8 Å². The van der Waals surface area contributed by atoms with E-state index in [0.29, 0.717) is 23.8 Å². The van der Waals surface area contributed by atoms with Gasteiger partial charge in [-0.1, -0.05) is 6.07 Å². The van der Waals surface area contributed by atoms with Crippen LogP contribution in [-0.4, -0.2) is 34.8 Å². The quantitative estimate of drug-likeness (QED) is 0.743. The first-order chi connectivity index (χ1) is 12.9. The largest absolute Gasteiger partial charge is 0.496 e. The van der Waals surface area contributed by atoms with Gasteiger partial charge in [-0.05, 0) is 42.8 Å². The molecule has 0 fully saturated rings. The molecule has 0 aromatic heterocycles. The van der Waals surface area contributed by atoms with Gasteiger partial charge in [-0.2, -0.15) is 0 Å². The molecule has 0 saturated carbocycles. The number of benzene rings is 2. The summed E-state index contributed by atoms with van der Waals surface area (Å²) in [7, 11) is -2.41. The molecule has 0 aliphatic carbocycles. The molecule has 2 N–H and O–H groups in total. The minimum atomic E-state index is -3.83. The summed E-state index contributed by atoms with van der Waals surface area (Å²) >= 11 is 0. The first-order valence-corrected chi connectivity index (χ1v) is 9.77. The predicted molar refractivity (Wildman–Crippen MR) is 97.6 cm³/mol. The van der Waals surface area contributed by atoms with Crippen LogP contribution in [0, 0.1) is 0 Å². The van der Waals surface area contributed by atoms with E-state index in [2.05, 4.69) is 10.0 Å². The number of rotatable bonds is 7. The number of methoxy groups -OCH3 is 1. The Labute approximate surface area is 157 Å². The Morgan fingerprint density at radius 3 is 2.67 bits per heavy atom. The van der Waals surface area contributed by atoms with E-state index in [9.17, 15) is 13.2 Å². The molecule has 2 aromatic carbocycles. The number of amides is 1. The Hall–Kier alpha value is -2.78. The third kappa shape index (κ3) is 4.15. The van der Waals surface area contributed by atoms with Crippen LogP contribution >= 0.6 is 0 Å². The molecule has 0 bridgehead atoms. The molecule has 1 aliphatic rings. The molecule has 1 amide bonds.